The van der Waals surface area contributed by atoms with Crippen molar-refractivity contribution in [3.05, 3.63) is 17.8 Å². The summed E-state index contributed by atoms with van der Waals surface area (Å²) in [6.07, 6.45) is 5.63. The molecule has 3 N–H and O–H groups in total. The normalized spacial score (nSPS) is 20.7. The lowest BCUT2D eigenvalue weighted by atomic mass is 10.1. The van der Waals surface area contributed by atoms with Crippen molar-refractivity contribution >= 4 is 11.5 Å². The number of nitrogens with two attached hydrogens (primary N) is 1. The molecular weight excluding hydrogens is 202 g/mol. The lowest BCUT2D eigenvalue weighted by molar-refractivity contribution is 0.0247. The number of anilines is 2. The highest BCUT2D eigenvalue weighted by Gasteiger charge is 2.14. The van der Waals surface area contributed by atoms with Crippen molar-refractivity contribution in [3.63, 3.8) is 0 Å². The third-order valence-electron chi connectivity index (χ3n) is 2.98. The summed E-state index contributed by atoms with van der Waals surface area (Å²) in [6, 6.07) is 1.91. The molecule has 0 bridgehead atoms. The average Bonchev–Trinajstić information content (AvgIpc) is 2.32. The zero-order chi connectivity index (χ0) is 11.4. The molecule has 0 radical (unpaired) electrons. The van der Waals surface area contributed by atoms with E-state index in [2.05, 4.69) is 10.3 Å². The molecule has 1 fully saturated rings. The number of ether oxygens (including phenoxy) is 1. The van der Waals surface area contributed by atoms with Crippen molar-refractivity contribution < 1.29 is 4.74 Å². The number of nitrogens with zero attached hydrogens (tertiary/aromatic N) is 1. The van der Waals surface area contributed by atoms with Gasteiger partial charge in [0.15, 0.2) is 0 Å². The van der Waals surface area contributed by atoms with Crippen LogP contribution in [0.4, 0.5) is 11.5 Å². The van der Waals surface area contributed by atoms with Gasteiger partial charge in [0.25, 0.3) is 0 Å². The van der Waals surface area contributed by atoms with E-state index in [0.29, 0.717) is 6.10 Å². The fraction of sp³-hybridized carbons (Fsp3) is 0.583. The van der Waals surface area contributed by atoms with Gasteiger partial charge < -0.3 is 15.8 Å². The molecule has 0 spiro atoms. The summed E-state index contributed by atoms with van der Waals surface area (Å²) in [5, 5.41) is 3.26. The summed E-state index contributed by atoms with van der Waals surface area (Å²) in [4.78, 5) is 4.23. The van der Waals surface area contributed by atoms with Crippen LogP contribution in [-0.2, 0) is 4.74 Å². The number of hydrogen-bond donors (Lipinski definition) is 2. The minimum atomic E-state index is 0.301. The molecule has 1 aromatic rings. The maximum absolute atomic E-state index is 5.93. The van der Waals surface area contributed by atoms with Gasteiger partial charge in [0.2, 0.25) is 0 Å². The summed E-state index contributed by atoms with van der Waals surface area (Å²) >= 11 is 0. The summed E-state index contributed by atoms with van der Waals surface area (Å²) in [5.41, 5.74) is 7.72. The van der Waals surface area contributed by atoms with E-state index in [0.717, 1.165) is 36.6 Å². The summed E-state index contributed by atoms with van der Waals surface area (Å²) in [5.74, 6) is 0.772. The van der Waals surface area contributed by atoms with Gasteiger partial charge in [-0.3, -0.25) is 0 Å². The van der Waals surface area contributed by atoms with E-state index in [1.165, 1.54) is 12.8 Å². The molecule has 2 rings (SSSR count). The van der Waals surface area contributed by atoms with Crippen molar-refractivity contribution in [2.24, 2.45) is 0 Å². The fourth-order valence-corrected chi connectivity index (χ4v) is 1.89. The molecule has 1 unspecified atom stereocenters. The maximum atomic E-state index is 5.93. The van der Waals surface area contributed by atoms with Crippen LogP contribution in [0.2, 0.25) is 0 Å². The zero-order valence-electron chi connectivity index (χ0n) is 9.70. The van der Waals surface area contributed by atoms with Crippen molar-refractivity contribution in [2.75, 3.05) is 24.2 Å². The van der Waals surface area contributed by atoms with E-state index >= 15 is 0 Å². The number of aromatic nitrogens is 1. The Balaban J connectivity index is 1.91. The molecule has 1 aliphatic heterocycles. The first-order chi connectivity index (χ1) is 7.77. The number of aryl methyl sites for hydroxylation is 1. The maximum Gasteiger partial charge on any atom is 0.149 e. The topological polar surface area (TPSA) is 60.2 Å². The van der Waals surface area contributed by atoms with Gasteiger partial charge in [-0.1, -0.05) is 0 Å². The van der Waals surface area contributed by atoms with Crippen LogP contribution in [0.3, 0.4) is 0 Å². The first kappa shape index (κ1) is 11.2. The van der Waals surface area contributed by atoms with Crippen LogP contribution in [0.1, 0.15) is 24.8 Å². The van der Waals surface area contributed by atoms with E-state index in [1.807, 2.05) is 13.0 Å². The van der Waals surface area contributed by atoms with Crippen LogP contribution in [0.25, 0.3) is 0 Å². The van der Waals surface area contributed by atoms with Crippen molar-refractivity contribution in [3.8, 4) is 0 Å². The zero-order valence-corrected chi connectivity index (χ0v) is 9.70. The number of hydrogen-bond acceptors (Lipinski definition) is 4. The van der Waals surface area contributed by atoms with Gasteiger partial charge in [-0.2, -0.15) is 0 Å². The predicted molar refractivity (Wildman–Crippen MR) is 65.5 cm³/mol. The Hall–Kier alpha value is -1.29. The lowest BCUT2D eigenvalue weighted by Gasteiger charge is -2.23. The first-order valence-corrected chi connectivity index (χ1v) is 5.84. The van der Waals surface area contributed by atoms with Gasteiger partial charge in [-0.25, -0.2) is 4.98 Å². The Labute approximate surface area is 96.2 Å². The van der Waals surface area contributed by atoms with Crippen LogP contribution in [0.5, 0.6) is 0 Å². The molecule has 1 aliphatic rings. The van der Waals surface area contributed by atoms with Gasteiger partial charge >= 0.3 is 0 Å². The SMILES string of the molecule is Cc1ccnc(NCC2CCCCO2)c1N. The van der Waals surface area contributed by atoms with Crippen molar-refractivity contribution in [1.82, 2.24) is 4.98 Å². The Morgan fingerprint density at radius 1 is 1.56 bits per heavy atom. The Morgan fingerprint density at radius 2 is 2.44 bits per heavy atom. The van der Waals surface area contributed by atoms with E-state index in [4.69, 9.17) is 10.5 Å². The monoisotopic (exact) mass is 221 g/mol. The van der Waals surface area contributed by atoms with E-state index in [1.54, 1.807) is 6.20 Å². The Bertz CT molecular complexity index is 348. The first-order valence-electron chi connectivity index (χ1n) is 5.84. The molecule has 0 saturated carbocycles. The summed E-state index contributed by atoms with van der Waals surface area (Å²) in [7, 11) is 0. The molecule has 88 valence electrons. The van der Waals surface area contributed by atoms with Gasteiger partial charge in [-0.15, -0.1) is 0 Å². The van der Waals surface area contributed by atoms with Crippen LogP contribution >= 0.6 is 0 Å². The van der Waals surface area contributed by atoms with Gasteiger partial charge in [0.05, 0.1) is 11.8 Å². The third kappa shape index (κ3) is 2.64. The van der Waals surface area contributed by atoms with E-state index in [9.17, 15) is 0 Å². The summed E-state index contributed by atoms with van der Waals surface area (Å²) < 4.78 is 5.64. The van der Waals surface area contributed by atoms with Gasteiger partial charge in [0, 0.05) is 19.3 Å². The summed E-state index contributed by atoms with van der Waals surface area (Å²) in [6.45, 7) is 3.66. The second-order valence-corrected chi connectivity index (χ2v) is 4.26. The molecular formula is C12H19N3O. The van der Waals surface area contributed by atoms with E-state index < -0.39 is 0 Å². The highest BCUT2D eigenvalue weighted by atomic mass is 16.5. The standard InChI is InChI=1S/C12H19N3O/c1-9-5-6-14-12(11(9)13)15-8-10-4-2-3-7-16-10/h5-6,10H,2-4,7-8,13H2,1H3,(H,14,15). The highest BCUT2D eigenvalue weighted by Crippen LogP contribution is 2.20. The molecule has 1 aromatic heterocycles. The number of nitrogen functional groups attached to an aromatic ring is 1. The molecule has 0 aliphatic carbocycles. The van der Waals surface area contributed by atoms with Gasteiger partial charge in [0.1, 0.15) is 5.82 Å². The predicted octanol–water partition coefficient (Wildman–Crippen LogP) is 1.95. The molecule has 2 heterocycles. The number of pyridine rings is 1. The molecule has 4 heteroatoms. The second kappa shape index (κ2) is 5.16. The number of rotatable bonds is 3. The van der Waals surface area contributed by atoms with Crippen LogP contribution < -0.4 is 11.1 Å². The lowest BCUT2D eigenvalue weighted by Crippen LogP contribution is -2.27. The molecule has 16 heavy (non-hydrogen) atoms. The van der Waals surface area contributed by atoms with Gasteiger partial charge in [-0.05, 0) is 37.8 Å². The largest absolute Gasteiger partial charge is 0.396 e. The average molecular weight is 221 g/mol. The third-order valence-corrected chi connectivity index (χ3v) is 2.98. The Morgan fingerprint density at radius 3 is 3.19 bits per heavy atom. The van der Waals surface area contributed by atoms with E-state index in [-0.39, 0.29) is 0 Å². The quantitative estimate of drug-likeness (QED) is 0.819. The fourth-order valence-electron chi connectivity index (χ4n) is 1.89. The van der Waals surface area contributed by atoms with Crippen molar-refractivity contribution in [1.29, 1.82) is 0 Å². The second-order valence-electron chi connectivity index (χ2n) is 4.26. The van der Waals surface area contributed by atoms with Crippen LogP contribution in [-0.4, -0.2) is 24.2 Å². The molecule has 0 amide bonds. The minimum Gasteiger partial charge on any atom is -0.396 e. The molecule has 1 saturated heterocycles. The molecule has 0 aromatic carbocycles. The van der Waals surface area contributed by atoms with Crippen LogP contribution in [0, 0.1) is 6.92 Å². The van der Waals surface area contributed by atoms with Crippen LogP contribution in [0.15, 0.2) is 12.3 Å². The number of nitrogens with one attached hydrogen (secondary N) is 1. The Kier molecular flexibility index (Phi) is 3.62. The smallest absolute Gasteiger partial charge is 0.149 e. The highest BCUT2D eigenvalue weighted by molar-refractivity contribution is 5.64. The molecule has 4 nitrogen and oxygen atoms in total. The van der Waals surface area contributed by atoms with Crippen molar-refractivity contribution in [2.45, 2.75) is 32.3 Å². The molecule has 1 atom stereocenters. The minimum absolute atomic E-state index is 0.301.